The molecular formula is C22H25N5O3S. The van der Waals surface area contributed by atoms with Gasteiger partial charge in [-0.3, -0.25) is 24.0 Å². The lowest BCUT2D eigenvalue weighted by molar-refractivity contribution is -0.119. The Morgan fingerprint density at radius 2 is 2.00 bits per heavy atom. The number of hydrogen-bond acceptors (Lipinski definition) is 6. The number of aromatic nitrogens is 2. The molecule has 0 saturated carbocycles. The summed E-state index contributed by atoms with van der Waals surface area (Å²) in [5.41, 5.74) is 5.80. The fraction of sp³-hybridized carbons (Fsp3) is 0.318. The minimum Gasteiger partial charge on any atom is -0.383 e. The second-order valence-electron chi connectivity index (χ2n) is 7.66. The quantitative estimate of drug-likeness (QED) is 0.612. The van der Waals surface area contributed by atoms with E-state index in [2.05, 4.69) is 16.0 Å². The van der Waals surface area contributed by atoms with Crippen LogP contribution < -0.4 is 21.9 Å². The summed E-state index contributed by atoms with van der Waals surface area (Å²) in [4.78, 5) is 44.9. The third-order valence-electron chi connectivity index (χ3n) is 5.68. The van der Waals surface area contributed by atoms with Gasteiger partial charge in [-0.15, -0.1) is 11.3 Å². The van der Waals surface area contributed by atoms with E-state index < -0.39 is 11.2 Å². The van der Waals surface area contributed by atoms with Gasteiger partial charge in [0.15, 0.2) is 5.69 Å². The van der Waals surface area contributed by atoms with Gasteiger partial charge in [0, 0.05) is 18.0 Å². The fourth-order valence-electron chi connectivity index (χ4n) is 4.05. The van der Waals surface area contributed by atoms with E-state index in [1.807, 2.05) is 41.8 Å². The number of aromatic amines is 1. The zero-order valence-corrected chi connectivity index (χ0v) is 18.1. The van der Waals surface area contributed by atoms with Crippen molar-refractivity contribution in [2.45, 2.75) is 25.4 Å². The number of nitrogens with two attached hydrogens (primary N) is 1. The predicted molar refractivity (Wildman–Crippen MR) is 123 cm³/mol. The van der Waals surface area contributed by atoms with E-state index in [-0.39, 0.29) is 36.5 Å². The zero-order chi connectivity index (χ0) is 22.0. The first-order valence-electron chi connectivity index (χ1n) is 10.2. The van der Waals surface area contributed by atoms with E-state index in [0.29, 0.717) is 0 Å². The molecule has 162 valence electrons. The molecule has 3 aromatic rings. The van der Waals surface area contributed by atoms with E-state index in [0.717, 1.165) is 24.9 Å². The number of nitrogen functional groups attached to an aromatic ring is 1. The van der Waals surface area contributed by atoms with Crippen molar-refractivity contribution in [3.8, 4) is 0 Å². The SMILES string of the molecule is CN(C(=O)CN1CCC[C@H]1c1cccs1)c1c(N)n(Cc2ccccc2)c(=O)[nH]c1=O. The maximum atomic E-state index is 13.1. The standard InChI is InChI=1S/C22H25N5O3S/c1-25(18(28)14-26-11-5-9-16(26)17-10-6-12-31-17)19-20(23)27(22(30)24-21(19)29)13-15-7-3-2-4-8-15/h2-4,6-8,10,12,16H,5,9,11,13-14,23H2,1H3,(H,24,29,30)/t16-/m0/s1. The molecule has 8 nitrogen and oxygen atoms in total. The van der Waals surface area contributed by atoms with E-state index in [1.165, 1.54) is 21.4 Å². The number of thiophene rings is 1. The molecule has 3 N–H and O–H groups in total. The Kier molecular flexibility index (Phi) is 6.06. The number of nitrogens with zero attached hydrogens (tertiary/aromatic N) is 3. The van der Waals surface area contributed by atoms with E-state index >= 15 is 0 Å². The second-order valence-corrected chi connectivity index (χ2v) is 8.64. The van der Waals surface area contributed by atoms with E-state index in [4.69, 9.17) is 5.73 Å². The summed E-state index contributed by atoms with van der Waals surface area (Å²) in [7, 11) is 1.52. The van der Waals surface area contributed by atoms with Gasteiger partial charge in [-0.2, -0.15) is 0 Å². The molecule has 0 unspecified atom stereocenters. The third-order valence-corrected chi connectivity index (χ3v) is 6.65. The van der Waals surface area contributed by atoms with Crippen LogP contribution in [0.1, 0.15) is 29.3 Å². The molecule has 31 heavy (non-hydrogen) atoms. The molecule has 1 saturated heterocycles. The number of H-pyrrole nitrogens is 1. The van der Waals surface area contributed by atoms with Gasteiger partial charge < -0.3 is 10.6 Å². The van der Waals surface area contributed by atoms with Crippen molar-refractivity contribution in [2.75, 3.05) is 30.8 Å². The molecule has 3 heterocycles. The van der Waals surface area contributed by atoms with Crippen LogP contribution in [0.4, 0.5) is 11.5 Å². The largest absolute Gasteiger partial charge is 0.383 e. The van der Waals surface area contributed by atoms with Gasteiger partial charge in [0.2, 0.25) is 5.91 Å². The first-order chi connectivity index (χ1) is 15.0. The summed E-state index contributed by atoms with van der Waals surface area (Å²) in [5, 5.41) is 2.04. The first-order valence-corrected chi connectivity index (χ1v) is 11.0. The highest BCUT2D eigenvalue weighted by molar-refractivity contribution is 7.10. The number of likely N-dealkylation sites (tertiary alicyclic amines) is 1. The van der Waals surface area contributed by atoms with Crippen molar-refractivity contribution in [3.05, 3.63) is 79.1 Å². The number of amides is 1. The Hall–Kier alpha value is -3.17. The average Bonchev–Trinajstić information content (AvgIpc) is 3.43. The van der Waals surface area contributed by atoms with E-state index in [9.17, 15) is 14.4 Å². The van der Waals surface area contributed by atoms with Gasteiger partial charge in [0.05, 0.1) is 13.1 Å². The highest BCUT2D eigenvalue weighted by Crippen LogP contribution is 2.34. The van der Waals surface area contributed by atoms with Crippen molar-refractivity contribution >= 4 is 28.7 Å². The number of carbonyl (C=O) groups excluding carboxylic acids is 1. The number of likely N-dealkylation sites (N-methyl/N-ethyl adjacent to an activating group) is 1. The summed E-state index contributed by atoms with van der Waals surface area (Å²) in [6.45, 7) is 1.20. The van der Waals surface area contributed by atoms with Crippen LogP contribution in [0.2, 0.25) is 0 Å². The highest BCUT2D eigenvalue weighted by atomic mass is 32.1. The van der Waals surface area contributed by atoms with Gasteiger partial charge in [-0.05, 0) is 36.4 Å². The third kappa shape index (κ3) is 4.33. The fourth-order valence-corrected chi connectivity index (χ4v) is 4.94. The summed E-state index contributed by atoms with van der Waals surface area (Å²) < 4.78 is 1.28. The Bertz CT molecular complexity index is 1170. The number of hydrogen-bond donors (Lipinski definition) is 2. The number of benzene rings is 1. The van der Waals surface area contributed by atoms with Crippen molar-refractivity contribution in [1.29, 1.82) is 0 Å². The van der Waals surface area contributed by atoms with Crippen LogP contribution in [-0.4, -0.2) is 40.5 Å². The van der Waals surface area contributed by atoms with Crippen LogP contribution in [0, 0.1) is 0 Å². The number of rotatable bonds is 6. The molecule has 9 heteroatoms. The molecule has 1 aromatic carbocycles. The summed E-state index contributed by atoms with van der Waals surface area (Å²) in [5.74, 6) is -0.268. The van der Waals surface area contributed by atoms with Gasteiger partial charge in [0.25, 0.3) is 5.56 Å². The Morgan fingerprint density at radius 3 is 2.71 bits per heavy atom. The van der Waals surface area contributed by atoms with Crippen LogP contribution in [0.3, 0.4) is 0 Å². The molecule has 1 aliphatic heterocycles. The predicted octanol–water partition coefficient (Wildman–Crippen LogP) is 2.03. The molecule has 2 aromatic heterocycles. The number of anilines is 2. The minimum absolute atomic E-state index is 0.00704. The molecule has 0 spiro atoms. The lowest BCUT2D eigenvalue weighted by Gasteiger charge is -2.26. The van der Waals surface area contributed by atoms with Crippen molar-refractivity contribution in [2.24, 2.45) is 0 Å². The number of carbonyl (C=O) groups is 1. The molecule has 1 atom stereocenters. The van der Waals surface area contributed by atoms with Crippen LogP contribution in [-0.2, 0) is 11.3 Å². The minimum atomic E-state index is -0.668. The van der Waals surface area contributed by atoms with Crippen LogP contribution in [0.5, 0.6) is 0 Å². The summed E-state index contributed by atoms with van der Waals surface area (Å²) in [6.07, 6.45) is 2.02. The van der Waals surface area contributed by atoms with E-state index in [1.54, 1.807) is 11.3 Å². The van der Waals surface area contributed by atoms with Crippen molar-refractivity contribution < 1.29 is 4.79 Å². The molecule has 0 bridgehead atoms. The smallest absolute Gasteiger partial charge is 0.330 e. The molecule has 1 fully saturated rings. The molecule has 1 aliphatic rings. The maximum Gasteiger partial charge on any atom is 0.330 e. The topological polar surface area (TPSA) is 104 Å². The Balaban J connectivity index is 1.58. The number of nitrogens with one attached hydrogen (secondary N) is 1. The lowest BCUT2D eigenvalue weighted by Crippen LogP contribution is -2.43. The molecule has 0 radical (unpaired) electrons. The Labute approximate surface area is 183 Å². The van der Waals surface area contributed by atoms with Crippen molar-refractivity contribution in [1.82, 2.24) is 14.5 Å². The molecule has 0 aliphatic carbocycles. The molecular weight excluding hydrogens is 414 g/mol. The summed E-state index contributed by atoms with van der Waals surface area (Å²) >= 11 is 1.69. The van der Waals surface area contributed by atoms with Crippen LogP contribution in [0.25, 0.3) is 0 Å². The van der Waals surface area contributed by atoms with Gasteiger partial charge >= 0.3 is 5.69 Å². The zero-order valence-electron chi connectivity index (χ0n) is 17.3. The second kappa shape index (κ2) is 8.91. The monoisotopic (exact) mass is 439 g/mol. The van der Waals surface area contributed by atoms with Crippen LogP contribution >= 0.6 is 11.3 Å². The molecule has 1 amide bonds. The molecule has 4 rings (SSSR count). The average molecular weight is 440 g/mol. The van der Waals surface area contributed by atoms with Gasteiger partial charge in [-0.25, -0.2) is 4.79 Å². The first kappa shape index (κ1) is 21.1. The maximum absolute atomic E-state index is 13.1. The van der Waals surface area contributed by atoms with Gasteiger partial charge in [-0.1, -0.05) is 36.4 Å². The normalized spacial score (nSPS) is 16.5. The highest BCUT2D eigenvalue weighted by Gasteiger charge is 2.30. The van der Waals surface area contributed by atoms with Gasteiger partial charge in [0.1, 0.15) is 5.82 Å². The Morgan fingerprint density at radius 1 is 1.23 bits per heavy atom. The van der Waals surface area contributed by atoms with Crippen molar-refractivity contribution in [3.63, 3.8) is 0 Å². The lowest BCUT2D eigenvalue weighted by atomic mass is 10.2. The van der Waals surface area contributed by atoms with Crippen LogP contribution in [0.15, 0.2) is 57.4 Å². The summed E-state index contributed by atoms with van der Waals surface area (Å²) in [6, 6.07) is 13.6.